The first-order valence-electron chi connectivity index (χ1n) is 11.0. The van der Waals surface area contributed by atoms with Crippen LogP contribution in [0.4, 0.5) is 0 Å². The van der Waals surface area contributed by atoms with Crippen LogP contribution in [-0.2, 0) is 23.9 Å². The molecule has 5 heteroatoms. The van der Waals surface area contributed by atoms with Gasteiger partial charge in [-0.3, -0.25) is 14.4 Å². The van der Waals surface area contributed by atoms with Crippen molar-refractivity contribution >= 4 is 17.7 Å². The highest BCUT2D eigenvalue weighted by molar-refractivity contribution is 5.92. The van der Waals surface area contributed by atoms with Gasteiger partial charge in [-0.2, -0.15) is 0 Å². The molecule has 0 bridgehead atoms. The molecule has 4 aliphatic rings. The molecule has 0 aromatic carbocycles. The molecule has 4 fully saturated rings. The van der Waals surface area contributed by atoms with Crippen molar-refractivity contribution in [2.24, 2.45) is 34.5 Å². The van der Waals surface area contributed by atoms with Crippen molar-refractivity contribution in [3.05, 3.63) is 0 Å². The van der Waals surface area contributed by atoms with Gasteiger partial charge in [-0.15, -0.1) is 0 Å². The minimum absolute atomic E-state index is 0.0717. The molecule has 0 heterocycles. The molecule has 8 unspecified atom stereocenters. The Labute approximate surface area is 167 Å². The summed E-state index contributed by atoms with van der Waals surface area (Å²) in [6.45, 7) is 7.46. The van der Waals surface area contributed by atoms with Gasteiger partial charge in [0.1, 0.15) is 6.10 Å². The molecule has 28 heavy (non-hydrogen) atoms. The third-order valence-electron chi connectivity index (χ3n) is 8.97. The Kier molecular flexibility index (Phi) is 4.86. The van der Waals surface area contributed by atoms with Crippen LogP contribution in [0.5, 0.6) is 0 Å². The van der Waals surface area contributed by atoms with Crippen LogP contribution >= 0.6 is 0 Å². The number of esters is 2. The minimum Gasteiger partial charge on any atom is -0.463 e. The molecule has 4 saturated carbocycles. The fraction of sp³-hybridized carbons (Fsp3) is 0.870. The zero-order chi connectivity index (χ0) is 20.3. The lowest BCUT2D eigenvalue weighted by Crippen LogP contribution is -2.54. The SMILES string of the molecule is CC(=O)OC1CCC2(C)C(CCC3C4CC(OC(C)=O)C(=O)C4(C)CCC32)C1. The lowest BCUT2D eigenvalue weighted by atomic mass is 9.45. The van der Waals surface area contributed by atoms with Crippen LogP contribution in [0.15, 0.2) is 0 Å². The molecule has 0 aliphatic heterocycles. The molecule has 4 rings (SSSR count). The Morgan fingerprint density at radius 1 is 0.893 bits per heavy atom. The average Bonchev–Trinajstić information content (AvgIpc) is 2.86. The van der Waals surface area contributed by atoms with Crippen molar-refractivity contribution in [3.8, 4) is 0 Å². The van der Waals surface area contributed by atoms with Gasteiger partial charge in [-0.1, -0.05) is 13.8 Å². The van der Waals surface area contributed by atoms with E-state index in [1.54, 1.807) is 0 Å². The van der Waals surface area contributed by atoms with Crippen LogP contribution in [-0.4, -0.2) is 29.9 Å². The fourth-order valence-electron chi connectivity index (χ4n) is 7.63. The van der Waals surface area contributed by atoms with Gasteiger partial charge in [0.2, 0.25) is 0 Å². The van der Waals surface area contributed by atoms with Gasteiger partial charge in [-0.25, -0.2) is 0 Å². The highest BCUT2D eigenvalue weighted by atomic mass is 16.5. The van der Waals surface area contributed by atoms with Crippen LogP contribution in [0.3, 0.4) is 0 Å². The first kappa shape index (κ1) is 19.9. The number of hydrogen-bond donors (Lipinski definition) is 0. The Hall–Kier alpha value is -1.39. The lowest BCUT2D eigenvalue weighted by Gasteiger charge is -2.60. The second-order valence-corrected chi connectivity index (χ2v) is 10.3. The summed E-state index contributed by atoms with van der Waals surface area (Å²) in [5.41, 5.74) is -0.0666. The van der Waals surface area contributed by atoms with Gasteiger partial charge >= 0.3 is 11.9 Å². The van der Waals surface area contributed by atoms with Crippen molar-refractivity contribution in [3.63, 3.8) is 0 Å². The maximum atomic E-state index is 13.1. The second-order valence-electron chi connectivity index (χ2n) is 10.3. The molecule has 8 atom stereocenters. The molecule has 4 aliphatic carbocycles. The summed E-state index contributed by atoms with van der Waals surface area (Å²) in [5, 5.41) is 0. The molecule has 5 nitrogen and oxygen atoms in total. The van der Waals surface area contributed by atoms with Crippen molar-refractivity contribution in [2.45, 2.75) is 91.3 Å². The predicted molar refractivity (Wildman–Crippen MR) is 103 cm³/mol. The summed E-state index contributed by atoms with van der Waals surface area (Å²) in [6.07, 6.45) is 7.54. The predicted octanol–water partition coefficient (Wildman–Crippen LogP) is 4.07. The van der Waals surface area contributed by atoms with Crippen LogP contribution < -0.4 is 0 Å². The molecule has 0 amide bonds. The third-order valence-corrected chi connectivity index (χ3v) is 8.97. The molecule has 156 valence electrons. The van der Waals surface area contributed by atoms with E-state index < -0.39 is 6.10 Å². The van der Waals surface area contributed by atoms with Crippen LogP contribution in [0.1, 0.15) is 79.1 Å². The Morgan fingerprint density at radius 2 is 1.61 bits per heavy atom. The molecule has 0 spiro atoms. The standard InChI is InChI=1S/C23H34O5/c1-13(24)27-16-7-9-22(3)15(11-16)5-6-17-18(22)8-10-23(4)19(17)12-20(21(23)26)28-14(2)25/h15-20H,5-12H2,1-4H3. The Balaban J connectivity index is 1.54. The van der Waals surface area contributed by atoms with Crippen molar-refractivity contribution in [1.29, 1.82) is 0 Å². The summed E-state index contributed by atoms with van der Waals surface area (Å²) < 4.78 is 10.9. The van der Waals surface area contributed by atoms with Crippen LogP contribution in [0.25, 0.3) is 0 Å². The van der Waals surface area contributed by atoms with Gasteiger partial charge in [0.25, 0.3) is 0 Å². The summed E-state index contributed by atoms with van der Waals surface area (Å²) >= 11 is 0. The van der Waals surface area contributed by atoms with Crippen molar-refractivity contribution < 1.29 is 23.9 Å². The Morgan fingerprint density at radius 3 is 2.29 bits per heavy atom. The summed E-state index contributed by atoms with van der Waals surface area (Å²) in [5.74, 6) is 1.70. The normalized spacial score (nSPS) is 47.5. The molecule has 0 aromatic heterocycles. The average molecular weight is 391 g/mol. The molecular weight excluding hydrogens is 356 g/mol. The zero-order valence-electron chi connectivity index (χ0n) is 17.7. The number of ether oxygens (including phenoxy) is 2. The van der Waals surface area contributed by atoms with Crippen LogP contribution in [0.2, 0.25) is 0 Å². The van der Waals surface area contributed by atoms with Gasteiger partial charge in [0.15, 0.2) is 11.9 Å². The second kappa shape index (κ2) is 6.84. The quantitative estimate of drug-likeness (QED) is 0.665. The molecule has 0 aromatic rings. The van der Waals surface area contributed by atoms with Gasteiger partial charge in [-0.05, 0) is 80.5 Å². The van der Waals surface area contributed by atoms with Crippen LogP contribution in [0, 0.1) is 34.5 Å². The monoisotopic (exact) mass is 390 g/mol. The zero-order valence-corrected chi connectivity index (χ0v) is 17.7. The Bertz CT molecular complexity index is 686. The van der Waals surface area contributed by atoms with E-state index in [1.165, 1.54) is 13.8 Å². The van der Waals surface area contributed by atoms with Crippen molar-refractivity contribution in [2.75, 3.05) is 0 Å². The maximum absolute atomic E-state index is 13.1. The van der Waals surface area contributed by atoms with Gasteiger partial charge < -0.3 is 9.47 Å². The van der Waals surface area contributed by atoms with E-state index in [-0.39, 0.29) is 34.7 Å². The highest BCUT2D eigenvalue weighted by Gasteiger charge is 2.63. The lowest BCUT2D eigenvalue weighted by molar-refractivity contribution is -0.160. The number of hydrogen-bond acceptors (Lipinski definition) is 5. The number of Topliss-reactive ketones (excluding diaryl/α,β-unsaturated/α-hetero) is 1. The van der Waals surface area contributed by atoms with E-state index in [1.807, 2.05) is 0 Å². The van der Waals surface area contributed by atoms with E-state index in [0.717, 1.165) is 44.9 Å². The first-order chi connectivity index (χ1) is 13.1. The molecule has 0 radical (unpaired) electrons. The van der Waals surface area contributed by atoms with Gasteiger partial charge in [0.05, 0.1) is 0 Å². The van der Waals surface area contributed by atoms with E-state index in [2.05, 4.69) is 13.8 Å². The van der Waals surface area contributed by atoms with Gasteiger partial charge in [0, 0.05) is 19.3 Å². The fourth-order valence-corrected chi connectivity index (χ4v) is 7.63. The number of fused-ring (bicyclic) bond motifs is 5. The van der Waals surface area contributed by atoms with E-state index in [4.69, 9.17) is 9.47 Å². The summed E-state index contributed by atoms with van der Waals surface area (Å²) in [7, 11) is 0. The first-order valence-corrected chi connectivity index (χ1v) is 11.0. The number of carbonyl (C=O) groups is 3. The number of carbonyl (C=O) groups excluding carboxylic acids is 3. The summed E-state index contributed by atoms with van der Waals surface area (Å²) in [4.78, 5) is 35.9. The smallest absolute Gasteiger partial charge is 0.303 e. The number of ketones is 1. The molecule has 0 N–H and O–H groups in total. The topological polar surface area (TPSA) is 69.7 Å². The van der Waals surface area contributed by atoms with E-state index in [9.17, 15) is 14.4 Å². The number of rotatable bonds is 2. The summed E-state index contributed by atoms with van der Waals surface area (Å²) in [6, 6.07) is 0. The largest absolute Gasteiger partial charge is 0.463 e. The third kappa shape index (κ3) is 3.00. The molecular formula is C23H34O5. The van der Waals surface area contributed by atoms with E-state index >= 15 is 0 Å². The minimum atomic E-state index is -0.545. The van der Waals surface area contributed by atoms with E-state index in [0.29, 0.717) is 30.1 Å². The highest BCUT2D eigenvalue weighted by Crippen LogP contribution is 2.65. The maximum Gasteiger partial charge on any atom is 0.303 e. The van der Waals surface area contributed by atoms with Crippen molar-refractivity contribution in [1.82, 2.24) is 0 Å². The molecule has 0 saturated heterocycles.